The maximum absolute atomic E-state index is 12.4. The van der Waals surface area contributed by atoms with Crippen molar-refractivity contribution in [2.45, 2.75) is 20.0 Å². The third-order valence-electron chi connectivity index (χ3n) is 3.18. The van der Waals surface area contributed by atoms with Crippen LogP contribution in [0.1, 0.15) is 22.8 Å². The summed E-state index contributed by atoms with van der Waals surface area (Å²) in [6.45, 7) is 4.23. The lowest BCUT2D eigenvalue weighted by molar-refractivity contribution is 0.100. The standard InChI is InChI=1S/C14H17N3O2/c1-3-17-13(15)11(8-16-14(17)19)12(18)10-6-4-9(2)5-7-10/h4-8,13H,3,15H2,1-2H3,(H,16,19). The van der Waals surface area contributed by atoms with Crippen molar-refractivity contribution in [3.8, 4) is 0 Å². The fraction of sp³-hybridized carbons (Fsp3) is 0.286. The van der Waals surface area contributed by atoms with E-state index in [2.05, 4.69) is 5.32 Å². The first-order valence-electron chi connectivity index (χ1n) is 6.18. The number of nitrogens with one attached hydrogen (secondary N) is 1. The molecule has 19 heavy (non-hydrogen) atoms. The smallest absolute Gasteiger partial charge is 0.314 e. The largest absolute Gasteiger partial charge is 0.322 e. The third-order valence-corrected chi connectivity index (χ3v) is 3.18. The van der Waals surface area contributed by atoms with Crippen LogP contribution in [0.2, 0.25) is 0 Å². The van der Waals surface area contributed by atoms with E-state index >= 15 is 0 Å². The zero-order valence-electron chi connectivity index (χ0n) is 11.0. The summed E-state index contributed by atoms with van der Waals surface area (Å²) in [4.78, 5) is 25.3. The Bertz CT molecular complexity index is 534. The number of ketones is 1. The van der Waals surface area contributed by atoms with Crippen LogP contribution >= 0.6 is 0 Å². The van der Waals surface area contributed by atoms with Gasteiger partial charge in [-0.2, -0.15) is 0 Å². The van der Waals surface area contributed by atoms with E-state index in [4.69, 9.17) is 5.73 Å². The Balaban J connectivity index is 2.28. The maximum Gasteiger partial charge on any atom is 0.322 e. The number of nitrogens with two attached hydrogens (primary N) is 1. The molecule has 2 amide bonds. The number of carbonyl (C=O) groups is 2. The van der Waals surface area contributed by atoms with Gasteiger partial charge < -0.3 is 16.0 Å². The molecule has 0 saturated carbocycles. The molecule has 0 radical (unpaired) electrons. The Labute approximate surface area is 112 Å². The van der Waals surface area contributed by atoms with Crippen LogP contribution in [0, 0.1) is 6.92 Å². The number of carbonyl (C=O) groups excluding carboxylic acids is 2. The zero-order chi connectivity index (χ0) is 14.0. The number of nitrogens with zero attached hydrogens (tertiary/aromatic N) is 1. The van der Waals surface area contributed by atoms with E-state index in [1.165, 1.54) is 11.1 Å². The van der Waals surface area contributed by atoms with Gasteiger partial charge >= 0.3 is 6.03 Å². The molecule has 1 atom stereocenters. The fourth-order valence-corrected chi connectivity index (χ4v) is 2.01. The highest BCUT2D eigenvalue weighted by Crippen LogP contribution is 2.16. The van der Waals surface area contributed by atoms with E-state index in [1.807, 2.05) is 26.0 Å². The molecular formula is C14H17N3O2. The summed E-state index contributed by atoms with van der Waals surface area (Å²) >= 11 is 0. The summed E-state index contributed by atoms with van der Waals surface area (Å²) in [5.74, 6) is -0.161. The molecule has 0 saturated heterocycles. The van der Waals surface area contributed by atoms with E-state index in [1.54, 1.807) is 12.1 Å². The van der Waals surface area contributed by atoms with Gasteiger partial charge in [0, 0.05) is 18.3 Å². The van der Waals surface area contributed by atoms with Crippen molar-refractivity contribution in [2.75, 3.05) is 6.54 Å². The maximum atomic E-state index is 12.4. The minimum absolute atomic E-state index is 0.161. The van der Waals surface area contributed by atoms with Crippen molar-refractivity contribution in [2.24, 2.45) is 5.73 Å². The van der Waals surface area contributed by atoms with E-state index in [-0.39, 0.29) is 11.8 Å². The van der Waals surface area contributed by atoms with Gasteiger partial charge in [0.1, 0.15) is 6.17 Å². The summed E-state index contributed by atoms with van der Waals surface area (Å²) in [6.07, 6.45) is 0.703. The number of Topliss-reactive ketones (excluding diaryl/α,β-unsaturated/α-hetero) is 1. The van der Waals surface area contributed by atoms with Gasteiger partial charge in [-0.15, -0.1) is 0 Å². The first-order chi connectivity index (χ1) is 9.04. The molecule has 1 aromatic carbocycles. The lowest BCUT2D eigenvalue weighted by Gasteiger charge is -2.32. The summed E-state index contributed by atoms with van der Waals surface area (Å²) in [6, 6.07) is 6.99. The van der Waals surface area contributed by atoms with Gasteiger partial charge in [-0.05, 0) is 13.8 Å². The fourth-order valence-electron chi connectivity index (χ4n) is 2.01. The first-order valence-corrected chi connectivity index (χ1v) is 6.18. The van der Waals surface area contributed by atoms with Crippen LogP contribution in [-0.4, -0.2) is 29.4 Å². The second-order valence-corrected chi connectivity index (χ2v) is 4.48. The van der Waals surface area contributed by atoms with Crippen LogP contribution in [0.3, 0.4) is 0 Å². The topological polar surface area (TPSA) is 75.4 Å². The monoisotopic (exact) mass is 259 g/mol. The second-order valence-electron chi connectivity index (χ2n) is 4.48. The van der Waals surface area contributed by atoms with Crippen LogP contribution in [0.15, 0.2) is 36.0 Å². The molecule has 5 nitrogen and oxygen atoms in total. The van der Waals surface area contributed by atoms with E-state index in [0.29, 0.717) is 17.7 Å². The molecule has 1 heterocycles. The van der Waals surface area contributed by atoms with E-state index in [0.717, 1.165) is 5.56 Å². The average Bonchev–Trinajstić information content (AvgIpc) is 2.39. The van der Waals surface area contributed by atoms with Crippen LogP contribution < -0.4 is 11.1 Å². The molecule has 0 bridgehead atoms. The number of hydrogen-bond acceptors (Lipinski definition) is 3. The van der Waals surface area contributed by atoms with E-state index in [9.17, 15) is 9.59 Å². The molecule has 0 aromatic heterocycles. The van der Waals surface area contributed by atoms with Crippen LogP contribution in [-0.2, 0) is 0 Å². The zero-order valence-corrected chi connectivity index (χ0v) is 11.0. The molecule has 1 unspecified atom stereocenters. The molecule has 100 valence electrons. The number of benzene rings is 1. The quantitative estimate of drug-likeness (QED) is 0.805. The van der Waals surface area contributed by atoms with Gasteiger partial charge in [-0.3, -0.25) is 4.79 Å². The van der Waals surface area contributed by atoms with Crippen molar-refractivity contribution in [1.29, 1.82) is 0 Å². The highest BCUT2D eigenvalue weighted by Gasteiger charge is 2.30. The molecule has 2 rings (SSSR count). The molecule has 1 aromatic rings. The highest BCUT2D eigenvalue weighted by atomic mass is 16.2. The minimum Gasteiger partial charge on any atom is -0.314 e. The van der Waals surface area contributed by atoms with Gasteiger partial charge in [0.25, 0.3) is 0 Å². The second kappa shape index (κ2) is 5.24. The molecule has 0 aliphatic carbocycles. The normalized spacial score (nSPS) is 18.9. The number of amides is 2. The average molecular weight is 259 g/mol. The van der Waals surface area contributed by atoms with Crippen LogP contribution in [0.5, 0.6) is 0 Å². The molecule has 0 fully saturated rings. The van der Waals surface area contributed by atoms with Crippen molar-refractivity contribution >= 4 is 11.8 Å². The predicted molar refractivity (Wildman–Crippen MR) is 72.5 cm³/mol. The Kier molecular flexibility index (Phi) is 3.66. The van der Waals surface area contributed by atoms with Crippen molar-refractivity contribution in [3.05, 3.63) is 47.2 Å². The van der Waals surface area contributed by atoms with Gasteiger partial charge in [0.15, 0.2) is 5.78 Å². The van der Waals surface area contributed by atoms with Gasteiger partial charge in [0.05, 0.1) is 5.57 Å². The molecular weight excluding hydrogens is 242 g/mol. The van der Waals surface area contributed by atoms with Crippen molar-refractivity contribution in [1.82, 2.24) is 10.2 Å². The lowest BCUT2D eigenvalue weighted by atomic mass is 9.99. The Hall–Kier alpha value is -2.14. The number of urea groups is 1. The van der Waals surface area contributed by atoms with Crippen molar-refractivity contribution < 1.29 is 9.59 Å². The number of aryl methyl sites for hydroxylation is 1. The highest BCUT2D eigenvalue weighted by molar-refractivity contribution is 6.10. The summed E-state index contributed by atoms with van der Waals surface area (Å²) in [7, 11) is 0. The van der Waals surface area contributed by atoms with Gasteiger partial charge in [-0.1, -0.05) is 29.8 Å². The SMILES string of the molecule is CCN1C(=O)NC=C(C(=O)c2ccc(C)cc2)C1N. The summed E-state index contributed by atoms with van der Waals surface area (Å²) < 4.78 is 0. The third kappa shape index (κ3) is 2.51. The number of hydrogen-bond donors (Lipinski definition) is 2. The minimum atomic E-state index is -0.701. The molecule has 0 spiro atoms. The van der Waals surface area contributed by atoms with Crippen LogP contribution in [0.25, 0.3) is 0 Å². The Morgan fingerprint density at radius 1 is 1.37 bits per heavy atom. The molecule has 3 N–H and O–H groups in total. The lowest BCUT2D eigenvalue weighted by Crippen LogP contribution is -2.54. The molecule has 1 aliphatic heterocycles. The van der Waals surface area contributed by atoms with Crippen LogP contribution in [0.4, 0.5) is 4.79 Å². The van der Waals surface area contributed by atoms with Crippen molar-refractivity contribution in [3.63, 3.8) is 0 Å². The summed E-state index contributed by atoms with van der Waals surface area (Å²) in [5, 5.41) is 2.55. The predicted octanol–water partition coefficient (Wildman–Crippen LogP) is 1.39. The number of likely N-dealkylation sites (N-methyl/N-ethyl adjacent to an activating group) is 1. The summed E-state index contributed by atoms with van der Waals surface area (Å²) in [5.41, 5.74) is 8.02. The number of rotatable bonds is 3. The molecule has 1 aliphatic rings. The first kappa shape index (κ1) is 13.3. The van der Waals surface area contributed by atoms with Gasteiger partial charge in [-0.25, -0.2) is 4.79 Å². The van der Waals surface area contributed by atoms with Gasteiger partial charge in [0.2, 0.25) is 0 Å². The molecule has 5 heteroatoms. The Morgan fingerprint density at radius 2 is 2.00 bits per heavy atom. The van der Waals surface area contributed by atoms with E-state index < -0.39 is 6.17 Å². The Morgan fingerprint density at radius 3 is 2.58 bits per heavy atom.